The van der Waals surface area contributed by atoms with E-state index < -0.39 is 0 Å². The van der Waals surface area contributed by atoms with Crippen molar-refractivity contribution >= 4 is 0 Å². The minimum atomic E-state index is 0.162. The van der Waals surface area contributed by atoms with E-state index in [-0.39, 0.29) is 6.61 Å². The first kappa shape index (κ1) is 10.9. The lowest BCUT2D eigenvalue weighted by Crippen LogP contribution is -1.98. The third kappa shape index (κ3) is 2.94. The molecule has 1 aromatic heterocycles. The minimum absolute atomic E-state index is 0.162. The maximum Gasteiger partial charge on any atom is 0.0949 e. The van der Waals surface area contributed by atoms with Gasteiger partial charge in [0.2, 0.25) is 0 Å². The van der Waals surface area contributed by atoms with Gasteiger partial charge in [0.1, 0.15) is 0 Å². The highest BCUT2D eigenvalue weighted by Crippen LogP contribution is 2.03. The predicted octanol–water partition coefficient (Wildman–Crippen LogP) is 1.66. The highest BCUT2D eigenvalue weighted by molar-refractivity contribution is 5.14. The molecule has 0 unspecified atom stereocenters. The van der Waals surface area contributed by atoms with Gasteiger partial charge < -0.3 is 9.67 Å². The molecule has 0 saturated carbocycles. The number of rotatable bonds is 5. The highest BCUT2D eigenvalue weighted by atomic mass is 16.3. The van der Waals surface area contributed by atoms with Crippen LogP contribution in [0.5, 0.6) is 0 Å². The lowest BCUT2D eigenvalue weighted by molar-refractivity contribution is 0.298. The van der Waals surface area contributed by atoms with Crippen molar-refractivity contribution in [2.75, 3.05) is 6.61 Å². The van der Waals surface area contributed by atoms with Crippen LogP contribution in [-0.2, 0) is 19.4 Å². The number of aromatic nitrogens is 2. The predicted molar refractivity (Wildman–Crippen MR) is 63.2 cm³/mol. The molecule has 84 valence electrons. The molecular formula is C13H16N2O. The molecule has 0 spiro atoms. The van der Waals surface area contributed by atoms with Gasteiger partial charge in [-0.05, 0) is 12.0 Å². The van der Waals surface area contributed by atoms with Gasteiger partial charge >= 0.3 is 0 Å². The normalized spacial score (nSPS) is 10.6. The van der Waals surface area contributed by atoms with E-state index >= 15 is 0 Å². The van der Waals surface area contributed by atoms with Crippen LogP contribution in [0.25, 0.3) is 0 Å². The molecular weight excluding hydrogens is 200 g/mol. The number of aliphatic hydroxyl groups excluding tert-OH is 1. The van der Waals surface area contributed by atoms with E-state index in [9.17, 15) is 0 Å². The van der Waals surface area contributed by atoms with E-state index in [1.807, 2.05) is 18.6 Å². The van der Waals surface area contributed by atoms with Gasteiger partial charge in [-0.1, -0.05) is 30.3 Å². The van der Waals surface area contributed by atoms with Crippen molar-refractivity contribution in [3.8, 4) is 0 Å². The lowest BCUT2D eigenvalue weighted by atomic mass is 10.1. The van der Waals surface area contributed by atoms with E-state index in [1.54, 1.807) is 0 Å². The molecule has 1 heterocycles. The second kappa shape index (κ2) is 5.47. The summed E-state index contributed by atoms with van der Waals surface area (Å²) in [6, 6.07) is 10.4. The first-order valence-corrected chi connectivity index (χ1v) is 5.54. The van der Waals surface area contributed by atoms with Crippen molar-refractivity contribution < 1.29 is 5.11 Å². The van der Waals surface area contributed by atoms with Crippen LogP contribution in [0.4, 0.5) is 0 Å². The molecule has 0 aliphatic carbocycles. The molecule has 0 bridgehead atoms. The average Bonchev–Trinajstić information content (AvgIpc) is 2.76. The molecule has 0 aliphatic heterocycles. The van der Waals surface area contributed by atoms with E-state index in [0.717, 1.165) is 18.7 Å². The number of aryl methyl sites for hydroxylation is 2. The molecule has 2 rings (SSSR count). The monoisotopic (exact) mass is 216 g/mol. The van der Waals surface area contributed by atoms with E-state index in [1.165, 1.54) is 5.56 Å². The van der Waals surface area contributed by atoms with Crippen LogP contribution in [0, 0.1) is 0 Å². The van der Waals surface area contributed by atoms with Crippen LogP contribution in [0.2, 0.25) is 0 Å². The SMILES string of the molecule is OCCc1cn(CCc2ccccc2)cn1. The summed E-state index contributed by atoms with van der Waals surface area (Å²) >= 11 is 0. The fraction of sp³-hybridized carbons (Fsp3) is 0.308. The van der Waals surface area contributed by atoms with Gasteiger partial charge in [-0.3, -0.25) is 0 Å². The van der Waals surface area contributed by atoms with Gasteiger partial charge in [-0.15, -0.1) is 0 Å². The van der Waals surface area contributed by atoms with E-state index in [2.05, 4.69) is 33.8 Å². The molecule has 0 aliphatic rings. The number of nitrogens with zero attached hydrogens (tertiary/aromatic N) is 2. The Balaban J connectivity index is 1.89. The summed E-state index contributed by atoms with van der Waals surface area (Å²) in [7, 11) is 0. The molecule has 3 heteroatoms. The van der Waals surface area contributed by atoms with Gasteiger partial charge in [0, 0.05) is 25.8 Å². The summed E-state index contributed by atoms with van der Waals surface area (Å²) < 4.78 is 2.07. The molecule has 2 aromatic rings. The van der Waals surface area contributed by atoms with Crippen molar-refractivity contribution in [3.63, 3.8) is 0 Å². The number of benzene rings is 1. The maximum atomic E-state index is 8.79. The van der Waals surface area contributed by atoms with Gasteiger partial charge in [-0.25, -0.2) is 4.98 Å². The van der Waals surface area contributed by atoms with Crippen molar-refractivity contribution in [1.82, 2.24) is 9.55 Å². The van der Waals surface area contributed by atoms with Crippen LogP contribution in [0.1, 0.15) is 11.3 Å². The molecule has 0 amide bonds. The quantitative estimate of drug-likeness (QED) is 0.825. The molecule has 0 fully saturated rings. The van der Waals surface area contributed by atoms with Crippen LogP contribution in [-0.4, -0.2) is 21.3 Å². The summed E-state index contributed by atoms with van der Waals surface area (Å²) in [5.41, 5.74) is 2.29. The fourth-order valence-electron chi connectivity index (χ4n) is 1.68. The Morgan fingerprint density at radius 1 is 1.12 bits per heavy atom. The highest BCUT2D eigenvalue weighted by Gasteiger charge is 1.98. The second-order valence-corrected chi connectivity index (χ2v) is 3.81. The van der Waals surface area contributed by atoms with Crippen molar-refractivity contribution in [3.05, 3.63) is 54.1 Å². The van der Waals surface area contributed by atoms with Gasteiger partial charge in [0.25, 0.3) is 0 Å². The summed E-state index contributed by atoms with van der Waals surface area (Å²) in [6.07, 6.45) is 5.47. The van der Waals surface area contributed by atoms with Crippen LogP contribution in [0.15, 0.2) is 42.9 Å². The third-order valence-corrected chi connectivity index (χ3v) is 2.56. The fourth-order valence-corrected chi connectivity index (χ4v) is 1.68. The smallest absolute Gasteiger partial charge is 0.0949 e. The summed E-state index contributed by atoms with van der Waals surface area (Å²) in [5.74, 6) is 0. The molecule has 0 radical (unpaired) electrons. The van der Waals surface area contributed by atoms with Gasteiger partial charge in [-0.2, -0.15) is 0 Å². The summed E-state index contributed by atoms with van der Waals surface area (Å²) in [5, 5.41) is 8.79. The zero-order valence-electron chi connectivity index (χ0n) is 9.21. The summed E-state index contributed by atoms with van der Waals surface area (Å²) in [4.78, 5) is 4.22. The largest absolute Gasteiger partial charge is 0.396 e. The molecule has 3 nitrogen and oxygen atoms in total. The Labute approximate surface area is 95.4 Å². The molecule has 1 aromatic carbocycles. The van der Waals surface area contributed by atoms with Crippen LogP contribution < -0.4 is 0 Å². The Bertz CT molecular complexity index is 423. The topological polar surface area (TPSA) is 38.0 Å². The average molecular weight is 216 g/mol. The Morgan fingerprint density at radius 3 is 2.69 bits per heavy atom. The van der Waals surface area contributed by atoms with Crippen LogP contribution in [0.3, 0.4) is 0 Å². The lowest BCUT2D eigenvalue weighted by Gasteiger charge is -2.01. The molecule has 0 atom stereocenters. The number of imidazole rings is 1. The Hall–Kier alpha value is -1.61. The zero-order valence-corrected chi connectivity index (χ0v) is 9.21. The second-order valence-electron chi connectivity index (χ2n) is 3.81. The van der Waals surface area contributed by atoms with E-state index in [4.69, 9.17) is 5.11 Å². The van der Waals surface area contributed by atoms with Gasteiger partial charge in [0.15, 0.2) is 0 Å². The van der Waals surface area contributed by atoms with Gasteiger partial charge in [0.05, 0.1) is 12.0 Å². The number of hydrogen-bond acceptors (Lipinski definition) is 2. The summed E-state index contributed by atoms with van der Waals surface area (Å²) in [6.45, 7) is 1.10. The number of hydrogen-bond donors (Lipinski definition) is 1. The minimum Gasteiger partial charge on any atom is -0.396 e. The van der Waals surface area contributed by atoms with E-state index in [0.29, 0.717) is 6.42 Å². The Morgan fingerprint density at radius 2 is 1.94 bits per heavy atom. The maximum absolute atomic E-state index is 8.79. The molecule has 16 heavy (non-hydrogen) atoms. The Kier molecular flexibility index (Phi) is 3.72. The standard InChI is InChI=1S/C13H16N2O/c16-9-7-13-10-15(11-14-13)8-6-12-4-2-1-3-5-12/h1-5,10-11,16H,6-9H2. The van der Waals surface area contributed by atoms with Crippen molar-refractivity contribution in [2.24, 2.45) is 0 Å². The third-order valence-electron chi connectivity index (χ3n) is 2.56. The van der Waals surface area contributed by atoms with Crippen molar-refractivity contribution in [2.45, 2.75) is 19.4 Å². The van der Waals surface area contributed by atoms with Crippen LogP contribution >= 0.6 is 0 Å². The number of aliphatic hydroxyl groups is 1. The molecule has 1 N–H and O–H groups in total. The zero-order chi connectivity index (χ0) is 11.2. The first-order valence-electron chi connectivity index (χ1n) is 5.54. The van der Waals surface area contributed by atoms with Crippen molar-refractivity contribution in [1.29, 1.82) is 0 Å². The molecule has 0 saturated heterocycles. The first-order chi connectivity index (χ1) is 7.88.